The molecule has 34 heavy (non-hydrogen) atoms. The standard InChI is InChI=1S/C26H21N3O4S/c1-3-33-18-13-11-17(12-14-18)23(30)21-22(20-10-6-8-16-7-4-5-9-19(16)20)29(25(32)24(21)31)26-28-27-15(2)34-26/h4-14,22,30H,3H2,1-2H3. The lowest BCUT2D eigenvalue weighted by Crippen LogP contribution is -2.29. The molecule has 0 saturated carbocycles. The highest BCUT2D eigenvalue weighted by Crippen LogP contribution is 2.44. The molecule has 1 aromatic heterocycles. The number of ketones is 1. The molecule has 8 heteroatoms. The van der Waals surface area contributed by atoms with Crippen molar-refractivity contribution in [3.63, 3.8) is 0 Å². The van der Waals surface area contributed by atoms with Crippen LogP contribution in [0.15, 0.2) is 72.3 Å². The number of ether oxygens (including phenoxy) is 1. The number of fused-ring (bicyclic) bond motifs is 1. The number of aliphatic hydroxyl groups is 1. The van der Waals surface area contributed by atoms with Gasteiger partial charge >= 0.3 is 5.91 Å². The molecule has 7 nitrogen and oxygen atoms in total. The Kier molecular flexibility index (Phi) is 5.59. The van der Waals surface area contributed by atoms with Crippen molar-refractivity contribution in [1.29, 1.82) is 0 Å². The van der Waals surface area contributed by atoms with E-state index in [1.165, 1.54) is 16.2 Å². The topological polar surface area (TPSA) is 92.6 Å². The molecule has 0 radical (unpaired) electrons. The molecular weight excluding hydrogens is 450 g/mol. The summed E-state index contributed by atoms with van der Waals surface area (Å²) in [7, 11) is 0. The lowest BCUT2D eigenvalue weighted by Gasteiger charge is -2.24. The van der Waals surface area contributed by atoms with Crippen LogP contribution in [0.25, 0.3) is 16.5 Å². The molecule has 1 aliphatic heterocycles. The fourth-order valence-electron chi connectivity index (χ4n) is 4.23. The zero-order valence-corrected chi connectivity index (χ0v) is 19.4. The number of nitrogens with zero attached hydrogens (tertiary/aromatic N) is 3. The number of carbonyl (C=O) groups excluding carboxylic acids is 2. The van der Waals surface area contributed by atoms with Crippen LogP contribution in [0.5, 0.6) is 5.75 Å². The van der Waals surface area contributed by atoms with Crippen LogP contribution < -0.4 is 9.64 Å². The summed E-state index contributed by atoms with van der Waals surface area (Å²) >= 11 is 1.22. The van der Waals surface area contributed by atoms with Crippen molar-refractivity contribution >= 4 is 44.7 Å². The summed E-state index contributed by atoms with van der Waals surface area (Å²) in [6, 6.07) is 19.4. The first kappa shape index (κ1) is 21.8. The van der Waals surface area contributed by atoms with Crippen LogP contribution in [-0.4, -0.2) is 33.6 Å². The van der Waals surface area contributed by atoms with E-state index in [0.29, 0.717) is 28.1 Å². The van der Waals surface area contributed by atoms with Gasteiger partial charge in [-0.25, -0.2) is 0 Å². The number of rotatable bonds is 5. The van der Waals surface area contributed by atoms with Gasteiger partial charge in [0.25, 0.3) is 5.78 Å². The normalized spacial score (nSPS) is 17.5. The summed E-state index contributed by atoms with van der Waals surface area (Å²) in [4.78, 5) is 27.9. The van der Waals surface area contributed by atoms with Gasteiger partial charge in [-0.1, -0.05) is 53.8 Å². The van der Waals surface area contributed by atoms with Crippen molar-refractivity contribution in [2.24, 2.45) is 0 Å². The third kappa shape index (κ3) is 3.62. The highest BCUT2D eigenvalue weighted by atomic mass is 32.1. The summed E-state index contributed by atoms with van der Waals surface area (Å²) in [5.74, 6) is -1.11. The van der Waals surface area contributed by atoms with Gasteiger partial charge in [0.05, 0.1) is 18.2 Å². The highest BCUT2D eigenvalue weighted by molar-refractivity contribution is 7.15. The van der Waals surface area contributed by atoms with Crippen LogP contribution >= 0.6 is 11.3 Å². The Bertz CT molecular complexity index is 1440. The fraction of sp³-hybridized carbons (Fsp3) is 0.154. The molecule has 1 unspecified atom stereocenters. The number of aromatic nitrogens is 2. The first-order valence-corrected chi connectivity index (χ1v) is 11.6. The van der Waals surface area contributed by atoms with E-state index in [1.807, 2.05) is 49.4 Å². The van der Waals surface area contributed by atoms with E-state index in [2.05, 4.69) is 10.2 Å². The predicted molar refractivity (Wildman–Crippen MR) is 131 cm³/mol. The van der Waals surface area contributed by atoms with Crippen molar-refractivity contribution in [2.45, 2.75) is 19.9 Å². The maximum atomic E-state index is 13.3. The molecule has 1 N–H and O–H groups in total. The quantitative estimate of drug-likeness (QED) is 0.249. The minimum absolute atomic E-state index is 0.0124. The molecule has 4 aromatic rings. The maximum Gasteiger partial charge on any atom is 0.301 e. The Morgan fingerprint density at radius 2 is 1.76 bits per heavy atom. The average molecular weight is 472 g/mol. The second-order valence-corrected chi connectivity index (χ2v) is 8.96. The first-order valence-electron chi connectivity index (χ1n) is 10.8. The van der Waals surface area contributed by atoms with E-state index in [1.54, 1.807) is 31.2 Å². The largest absolute Gasteiger partial charge is 0.507 e. The number of Topliss-reactive ketones (excluding diaryl/α,β-unsaturated/α-hetero) is 1. The molecule has 1 saturated heterocycles. The molecule has 1 aliphatic rings. The van der Waals surface area contributed by atoms with E-state index < -0.39 is 17.7 Å². The van der Waals surface area contributed by atoms with Crippen molar-refractivity contribution < 1.29 is 19.4 Å². The van der Waals surface area contributed by atoms with Crippen LogP contribution in [0.3, 0.4) is 0 Å². The fourth-order valence-corrected chi connectivity index (χ4v) is 4.94. The molecule has 0 bridgehead atoms. The molecule has 1 fully saturated rings. The lowest BCUT2D eigenvalue weighted by atomic mass is 9.92. The summed E-state index contributed by atoms with van der Waals surface area (Å²) in [5, 5.41) is 22.3. The van der Waals surface area contributed by atoms with Gasteiger partial charge in [-0.2, -0.15) is 0 Å². The van der Waals surface area contributed by atoms with Crippen molar-refractivity contribution in [3.8, 4) is 5.75 Å². The summed E-state index contributed by atoms with van der Waals surface area (Å²) < 4.78 is 5.48. The molecule has 2 heterocycles. The van der Waals surface area contributed by atoms with Crippen LogP contribution in [0, 0.1) is 6.92 Å². The van der Waals surface area contributed by atoms with Crippen LogP contribution in [0.1, 0.15) is 29.1 Å². The van der Waals surface area contributed by atoms with Crippen molar-refractivity contribution in [1.82, 2.24) is 10.2 Å². The van der Waals surface area contributed by atoms with Gasteiger partial charge in [0.15, 0.2) is 0 Å². The van der Waals surface area contributed by atoms with E-state index in [4.69, 9.17) is 4.74 Å². The van der Waals surface area contributed by atoms with Gasteiger partial charge in [0.2, 0.25) is 5.13 Å². The van der Waals surface area contributed by atoms with Crippen molar-refractivity contribution in [2.75, 3.05) is 11.5 Å². The number of hydrogen-bond acceptors (Lipinski definition) is 7. The van der Waals surface area contributed by atoms with E-state index in [9.17, 15) is 14.7 Å². The first-order chi connectivity index (χ1) is 16.5. The van der Waals surface area contributed by atoms with Gasteiger partial charge < -0.3 is 9.84 Å². The molecule has 0 aliphatic carbocycles. The molecule has 3 aromatic carbocycles. The Balaban J connectivity index is 1.74. The van der Waals surface area contributed by atoms with Crippen LogP contribution in [0.2, 0.25) is 0 Å². The number of benzene rings is 3. The Hall–Kier alpha value is -4.04. The smallest absolute Gasteiger partial charge is 0.301 e. The highest BCUT2D eigenvalue weighted by Gasteiger charge is 2.48. The monoisotopic (exact) mass is 471 g/mol. The predicted octanol–water partition coefficient (Wildman–Crippen LogP) is 5.02. The summed E-state index contributed by atoms with van der Waals surface area (Å²) in [6.07, 6.45) is 0. The molecule has 0 spiro atoms. The van der Waals surface area contributed by atoms with Gasteiger partial charge in [0, 0.05) is 5.56 Å². The van der Waals surface area contributed by atoms with Crippen LogP contribution in [0.4, 0.5) is 5.13 Å². The molecule has 5 rings (SSSR count). The van der Waals surface area contributed by atoms with Gasteiger partial charge in [0.1, 0.15) is 16.5 Å². The van der Waals surface area contributed by atoms with Crippen LogP contribution in [-0.2, 0) is 9.59 Å². The minimum Gasteiger partial charge on any atom is -0.507 e. The second-order valence-electron chi connectivity index (χ2n) is 7.80. The Morgan fingerprint density at radius 3 is 2.47 bits per heavy atom. The lowest BCUT2D eigenvalue weighted by molar-refractivity contribution is -0.132. The summed E-state index contributed by atoms with van der Waals surface area (Å²) in [6.45, 7) is 4.18. The third-order valence-electron chi connectivity index (χ3n) is 5.72. The van der Waals surface area contributed by atoms with Gasteiger partial charge in [-0.15, -0.1) is 10.2 Å². The van der Waals surface area contributed by atoms with Gasteiger partial charge in [-0.3, -0.25) is 14.5 Å². The SMILES string of the molecule is CCOc1ccc(C(O)=C2C(=O)C(=O)N(c3nnc(C)s3)C2c2cccc3ccccc23)cc1. The maximum absolute atomic E-state index is 13.3. The minimum atomic E-state index is -0.856. The molecule has 1 atom stereocenters. The van der Waals surface area contributed by atoms with E-state index >= 15 is 0 Å². The molecule has 1 amide bonds. The third-order valence-corrected chi connectivity index (χ3v) is 6.56. The Morgan fingerprint density at radius 1 is 1.03 bits per heavy atom. The van der Waals surface area contributed by atoms with Crippen molar-refractivity contribution in [3.05, 3.63) is 88.4 Å². The summed E-state index contributed by atoms with van der Waals surface area (Å²) in [5.41, 5.74) is 1.15. The average Bonchev–Trinajstić information content (AvgIpc) is 3.39. The van der Waals surface area contributed by atoms with E-state index in [-0.39, 0.29) is 11.3 Å². The zero-order valence-electron chi connectivity index (χ0n) is 18.6. The van der Waals surface area contributed by atoms with E-state index in [0.717, 1.165) is 16.3 Å². The molecule has 170 valence electrons. The Labute approximate surface area is 199 Å². The number of aliphatic hydroxyl groups excluding tert-OH is 1. The number of anilines is 1. The number of amides is 1. The molecular formula is C26H21N3O4S. The number of aryl methyl sites for hydroxylation is 1. The zero-order chi connectivity index (χ0) is 23.8. The second kappa shape index (κ2) is 8.72. The number of carbonyl (C=O) groups is 2. The number of hydrogen-bond donors (Lipinski definition) is 1. The van der Waals surface area contributed by atoms with Gasteiger partial charge in [-0.05, 0) is 54.4 Å².